The largest absolute Gasteiger partial charge is 0.479 e. The number of aryl methyl sites for hydroxylation is 1. The number of benzene rings is 2. The molecule has 1 atom stereocenters. The Bertz CT molecular complexity index is 1200. The van der Waals surface area contributed by atoms with Gasteiger partial charge in [0.25, 0.3) is 11.8 Å². The van der Waals surface area contributed by atoms with E-state index in [4.69, 9.17) is 9.15 Å². The maximum Gasteiger partial charge on any atom is 0.291 e. The first-order valence-electron chi connectivity index (χ1n) is 9.33. The van der Waals surface area contributed by atoms with E-state index in [2.05, 4.69) is 5.32 Å². The van der Waals surface area contributed by atoms with Crippen LogP contribution in [-0.4, -0.2) is 25.0 Å². The Balaban J connectivity index is 1.63. The summed E-state index contributed by atoms with van der Waals surface area (Å²) in [4.78, 5) is 38.7. The molecule has 7 nitrogen and oxygen atoms in total. The quantitative estimate of drug-likeness (QED) is 0.738. The van der Waals surface area contributed by atoms with Crippen LogP contribution in [0.1, 0.15) is 30.0 Å². The van der Waals surface area contributed by atoms with E-state index in [9.17, 15) is 14.4 Å². The standard InChI is InChI=1S/C22H20N2O5/c1-4-13-5-7-18-15(9-13)17(25)11-20(29-18)21(26)23-14-6-8-19-16(10-14)24(3)22(27)12(2)28-19/h5-12H,4H2,1-3H3,(H,23,26)/t12-/m0/s1. The van der Waals surface area contributed by atoms with Crippen molar-refractivity contribution < 1.29 is 18.7 Å². The van der Waals surface area contributed by atoms with Crippen molar-refractivity contribution in [2.45, 2.75) is 26.4 Å². The van der Waals surface area contributed by atoms with E-state index in [1.54, 1.807) is 44.3 Å². The summed E-state index contributed by atoms with van der Waals surface area (Å²) in [6, 6.07) is 11.5. The first kappa shape index (κ1) is 18.7. The summed E-state index contributed by atoms with van der Waals surface area (Å²) in [5.74, 6) is -0.254. The lowest BCUT2D eigenvalue weighted by Gasteiger charge is -2.30. The Kier molecular flexibility index (Phi) is 4.58. The van der Waals surface area contributed by atoms with E-state index in [1.807, 2.05) is 13.0 Å². The van der Waals surface area contributed by atoms with Gasteiger partial charge in [0.15, 0.2) is 17.3 Å². The zero-order chi connectivity index (χ0) is 20.7. The highest BCUT2D eigenvalue weighted by molar-refractivity contribution is 6.04. The molecule has 0 saturated carbocycles. The molecule has 1 aliphatic rings. The Hall–Kier alpha value is -3.61. The van der Waals surface area contributed by atoms with Gasteiger partial charge in [-0.1, -0.05) is 13.0 Å². The number of amides is 2. The predicted octanol–water partition coefficient (Wildman–Crippen LogP) is 3.35. The molecule has 0 fully saturated rings. The number of fused-ring (bicyclic) bond motifs is 2. The van der Waals surface area contributed by atoms with E-state index >= 15 is 0 Å². The van der Waals surface area contributed by atoms with Crippen molar-refractivity contribution in [2.75, 3.05) is 17.3 Å². The number of carbonyl (C=O) groups is 2. The Morgan fingerprint density at radius 2 is 1.93 bits per heavy atom. The van der Waals surface area contributed by atoms with Crippen LogP contribution in [0.2, 0.25) is 0 Å². The Labute approximate surface area is 166 Å². The van der Waals surface area contributed by atoms with E-state index in [0.29, 0.717) is 28.1 Å². The molecule has 1 aliphatic heterocycles. The van der Waals surface area contributed by atoms with Gasteiger partial charge in [-0.3, -0.25) is 14.4 Å². The number of ether oxygens (including phenoxy) is 1. The number of nitrogens with one attached hydrogen (secondary N) is 1. The molecule has 0 unspecified atom stereocenters. The lowest BCUT2D eigenvalue weighted by Crippen LogP contribution is -2.41. The second-order valence-corrected chi connectivity index (χ2v) is 6.95. The zero-order valence-corrected chi connectivity index (χ0v) is 16.3. The van der Waals surface area contributed by atoms with Gasteiger partial charge in [0.1, 0.15) is 11.3 Å². The highest BCUT2D eigenvalue weighted by Crippen LogP contribution is 2.35. The highest BCUT2D eigenvalue weighted by Gasteiger charge is 2.29. The summed E-state index contributed by atoms with van der Waals surface area (Å²) in [5.41, 5.74) is 2.11. The molecule has 4 rings (SSSR count). The zero-order valence-electron chi connectivity index (χ0n) is 16.3. The third kappa shape index (κ3) is 3.35. The van der Waals surface area contributed by atoms with Crippen molar-refractivity contribution in [2.24, 2.45) is 0 Å². The van der Waals surface area contributed by atoms with Gasteiger partial charge in [0.05, 0.1) is 11.1 Å². The molecule has 1 N–H and O–H groups in total. The van der Waals surface area contributed by atoms with Crippen LogP contribution in [0.3, 0.4) is 0 Å². The molecule has 148 valence electrons. The molecule has 0 bridgehead atoms. The number of nitrogens with zero attached hydrogens (tertiary/aromatic N) is 1. The summed E-state index contributed by atoms with van der Waals surface area (Å²) in [7, 11) is 1.65. The van der Waals surface area contributed by atoms with Crippen molar-refractivity contribution in [3.63, 3.8) is 0 Å². The van der Waals surface area contributed by atoms with Crippen molar-refractivity contribution in [3.05, 3.63) is 64.0 Å². The van der Waals surface area contributed by atoms with E-state index < -0.39 is 12.0 Å². The number of rotatable bonds is 3. The lowest BCUT2D eigenvalue weighted by molar-refractivity contribution is -0.125. The summed E-state index contributed by atoms with van der Waals surface area (Å²) in [6.07, 6.45) is 0.239. The number of hydrogen-bond donors (Lipinski definition) is 1. The normalized spacial score (nSPS) is 15.8. The van der Waals surface area contributed by atoms with Crippen molar-refractivity contribution in [1.29, 1.82) is 0 Å². The summed E-state index contributed by atoms with van der Waals surface area (Å²) in [5, 5.41) is 3.15. The van der Waals surface area contributed by atoms with E-state index in [0.717, 1.165) is 12.0 Å². The smallest absolute Gasteiger partial charge is 0.291 e. The van der Waals surface area contributed by atoms with Crippen LogP contribution < -0.4 is 20.4 Å². The molecule has 2 amide bonds. The SMILES string of the molecule is CCc1ccc2oc(C(=O)Nc3ccc4c(c3)N(C)C(=O)[C@H](C)O4)cc(=O)c2c1. The fraction of sp³-hybridized carbons (Fsp3) is 0.227. The second-order valence-electron chi connectivity index (χ2n) is 6.95. The molecule has 0 saturated heterocycles. The Morgan fingerprint density at radius 1 is 1.14 bits per heavy atom. The molecule has 2 aromatic carbocycles. The van der Waals surface area contributed by atoms with Crippen molar-refractivity contribution in [1.82, 2.24) is 0 Å². The van der Waals surface area contributed by atoms with Gasteiger partial charge in [0, 0.05) is 18.8 Å². The number of carbonyl (C=O) groups excluding carboxylic acids is 2. The minimum atomic E-state index is -0.562. The highest BCUT2D eigenvalue weighted by atomic mass is 16.5. The average molecular weight is 392 g/mol. The summed E-state index contributed by atoms with van der Waals surface area (Å²) in [6.45, 7) is 3.68. The Morgan fingerprint density at radius 3 is 2.69 bits per heavy atom. The molecule has 3 aromatic rings. The van der Waals surface area contributed by atoms with Crippen LogP contribution >= 0.6 is 0 Å². The third-order valence-electron chi connectivity index (χ3n) is 4.98. The fourth-order valence-electron chi connectivity index (χ4n) is 3.32. The van der Waals surface area contributed by atoms with E-state index in [-0.39, 0.29) is 17.1 Å². The molecule has 2 heterocycles. The third-order valence-corrected chi connectivity index (χ3v) is 4.98. The van der Waals surface area contributed by atoms with Crippen LogP contribution in [0.25, 0.3) is 11.0 Å². The molecule has 1 aromatic heterocycles. The van der Waals surface area contributed by atoms with Gasteiger partial charge in [-0.2, -0.15) is 0 Å². The molecule has 0 spiro atoms. The van der Waals surface area contributed by atoms with E-state index in [1.165, 1.54) is 11.0 Å². The molecular formula is C22H20N2O5. The first-order chi connectivity index (χ1) is 13.9. The first-order valence-corrected chi connectivity index (χ1v) is 9.33. The topological polar surface area (TPSA) is 88.8 Å². The van der Waals surface area contributed by atoms with Crippen molar-refractivity contribution >= 4 is 34.2 Å². The summed E-state index contributed by atoms with van der Waals surface area (Å²) < 4.78 is 11.2. The maximum atomic E-state index is 12.6. The number of likely N-dealkylation sites (N-methyl/N-ethyl adjacent to an activating group) is 1. The minimum absolute atomic E-state index is 0.0845. The van der Waals surface area contributed by atoms with Crippen LogP contribution in [0.5, 0.6) is 5.75 Å². The van der Waals surface area contributed by atoms with Gasteiger partial charge in [-0.15, -0.1) is 0 Å². The van der Waals surface area contributed by atoms with Gasteiger partial charge < -0.3 is 19.4 Å². The van der Waals surface area contributed by atoms with Crippen molar-refractivity contribution in [3.8, 4) is 5.75 Å². The number of hydrogen-bond acceptors (Lipinski definition) is 5. The number of anilines is 2. The van der Waals surface area contributed by atoms with Gasteiger partial charge in [-0.05, 0) is 49.2 Å². The monoisotopic (exact) mass is 392 g/mol. The van der Waals surface area contributed by atoms with Gasteiger partial charge in [-0.25, -0.2) is 0 Å². The lowest BCUT2D eigenvalue weighted by atomic mass is 10.1. The summed E-state index contributed by atoms with van der Waals surface area (Å²) >= 11 is 0. The second kappa shape index (κ2) is 7.09. The van der Waals surface area contributed by atoms with Crippen LogP contribution in [0.15, 0.2) is 51.7 Å². The van der Waals surface area contributed by atoms with Crippen LogP contribution in [0.4, 0.5) is 11.4 Å². The van der Waals surface area contributed by atoms with Crippen LogP contribution in [-0.2, 0) is 11.2 Å². The van der Waals surface area contributed by atoms with Crippen LogP contribution in [0, 0.1) is 0 Å². The fourth-order valence-corrected chi connectivity index (χ4v) is 3.32. The average Bonchev–Trinajstić information content (AvgIpc) is 2.72. The molecule has 0 aliphatic carbocycles. The van der Waals surface area contributed by atoms with Gasteiger partial charge >= 0.3 is 0 Å². The molecule has 7 heteroatoms. The minimum Gasteiger partial charge on any atom is -0.479 e. The van der Waals surface area contributed by atoms with Gasteiger partial charge in [0.2, 0.25) is 0 Å². The predicted molar refractivity (Wildman–Crippen MR) is 110 cm³/mol. The molecule has 0 radical (unpaired) electrons. The molecule has 29 heavy (non-hydrogen) atoms. The maximum absolute atomic E-state index is 12.6. The molecular weight excluding hydrogens is 372 g/mol.